The summed E-state index contributed by atoms with van der Waals surface area (Å²) in [4.78, 5) is 14.6. The first kappa shape index (κ1) is 13.4. The van der Waals surface area contributed by atoms with E-state index in [9.17, 15) is 10.1 Å². The summed E-state index contributed by atoms with van der Waals surface area (Å²) in [5.74, 6) is 0. The van der Waals surface area contributed by atoms with Gasteiger partial charge in [-0.25, -0.2) is 4.98 Å². The standard InChI is InChI=1S/C14H11ClN4O2/c15-10-1-6-14-17-12(9-18(14)8-10)7-16-11-2-4-13(5-3-11)19(20)21/h1-6,8-9,16H,7H2. The van der Waals surface area contributed by atoms with Crippen LogP contribution in [0, 0.1) is 10.1 Å². The zero-order chi connectivity index (χ0) is 14.8. The third-order valence-corrected chi connectivity index (χ3v) is 3.24. The Morgan fingerprint density at radius 3 is 2.67 bits per heavy atom. The predicted molar refractivity (Wildman–Crippen MR) is 80.6 cm³/mol. The van der Waals surface area contributed by atoms with E-state index in [1.807, 2.05) is 16.7 Å². The number of non-ortho nitro benzene ring substituents is 1. The van der Waals surface area contributed by atoms with Crippen molar-refractivity contribution in [3.63, 3.8) is 0 Å². The number of benzene rings is 1. The lowest BCUT2D eigenvalue weighted by Crippen LogP contribution is -1.99. The summed E-state index contributed by atoms with van der Waals surface area (Å²) in [5, 5.41) is 14.4. The lowest BCUT2D eigenvalue weighted by Gasteiger charge is -2.03. The summed E-state index contributed by atoms with van der Waals surface area (Å²) >= 11 is 5.92. The Bertz CT molecular complexity index is 798. The number of hydrogen-bond donors (Lipinski definition) is 1. The number of aromatic nitrogens is 2. The average molecular weight is 303 g/mol. The molecule has 2 heterocycles. The van der Waals surface area contributed by atoms with E-state index in [0.29, 0.717) is 11.6 Å². The van der Waals surface area contributed by atoms with Crippen molar-refractivity contribution < 1.29 is 4.92 Å². The molecule has 0 aliphatic heterocycles. The van der Waals surface area contributed by atoms with Crippen LogP contribution in [0.25, 0.3) is 5.65 Å². The first-order valence-electron chi connectivity index (χ1n) is 6.23. The molecule has 0 saturated carbocycles. The summed E-state index contributed by atoms with van der Waals surface area (Å²) in [6, 6.07) is 9.91. The predicted octanol–water partition coefficient (Wildman–Crippen LogP) is 3.51. The van der Waals surface area contributed by atoms with Gasteiger partial charge in [0.15, 0.2) is 0 Å². The number of hydrogen-bond acceptors (Lipinski definition) is 4. The number of nitrogens with one attached hydrogen (secondary N) is 1. The van der Waals surface area contributed by atoms with Crippen LogP contribution in [0.1, 0.15) is 5.69 Å². The molecule has 106 valence electrons. The number of nitro groups is 1. The highest BCUT2D eigenvalue weighted by Crippen LogP contribution is 2.17. The molecule has 3 rings (SSSR count). The third-order valence-electron chi connectivity index (χ3n) is 3.02. The minimum Gasteiger partial charge on any atom is -0.379 e. The highest BCUT2D eigenvalue weighted by Gasteiger charge is 2.05. The first-order valence-corrected chi connectivity index (χ1v) is 6.61. The van der Waals surface area contributed by atoms with Crippen molar-refractivity contribution in [2.24, 2.45) is 0 Å². The van der Waals surface area contributed by atoms with E-state index >= 15 is 0 Å². The van der Waals surface area contributed by atoms with E-state index in [0.717, 1.165) is 17.0 Å². The van der Waals surface area contributed by atoms with Crippen LogP contribution in [0.3, 0.4) is 0 Å². The van der Waals surface area contributed by atoms with Gasteiger partial charge in [0, 0.05) is 30.2 Å². The highest BCUT2D eigenvalue weighted by atomic mass is 35.5. The van der Waals surface area contributed by atoms with Gasteiger partial charge in [0.05, 0.1) is 22.2 Å². The zero-order valence-electron chi connectivity index (χ0n) is 10.9. The smallest absolute Gasteiger partial charge is 0.269 e. The van der Waals surface area contributed by atoms with E-state index in [-0.39, 0.29) is 5.69 Å². The van der Waals surface area contributed by atoms with Crippen LogP contribution in [0.15, 0.2) is 48.8 Å². The number of nitrogens with zero attached hydrogens (tertiary/aromatic N) is 3. The van der Waals surface area contributed by atoms with Gasteiger partial charge >= 0.3 is 0 Å². The van der Waals surface area contributed by atoms with Crippen molar-refractivity contribution >= 4 is 28.6 Å². The number of nitro benzene ring substituents is 1. The lowest BCUT2D eigenvalue weighted by atomic mass is 10.3. The first-order chi connectivity index (χ1) is 10.1. The molecule has 3 aromatic rings. The quantitative estimate of drug-likeness (QED) is 0.591. The number of pyridine rings is 1. The average Bonchev–Trinajstić information content (AvgIpc) is 2.87. The molecule has 0 bridgehead atoms. The molecule has 0 unspecified atom stereocenters. The van der Waals surface area contributed by atoms with Crippen LogP contribution in [0.2, 0.25) is 5.02 Å². The Balaban J connectivity index is 1.72. The number of rotatable bonds is 4. The van der Waals surface area contributed by atoms with Crippen molar-refractivity contribution in [3.8, 4) is 0 Å². The Morgan fingerprint density at radius 1 is 1.19 bits per heavy atom. The number of fused-ring (bicyclic) bond motifs is 1. The second-order valence-corrected chi connectivity index (χ2v) is 4.94. The van der Waals surface area contributed by atoms with E-state index in [2.05, 4.69) is 10.3 Å². The second-order valence-electron chi connectivity index (χ2n) is 4.50. The molecule has 0 amide bonds. The minimum atomic E-state index is -0.421. The van der Waals surface area contributed by atoms with Crippen LogP contribution in [-0.2, 0) is 6.54 Å². The SMILES string of the molecule is O=[N+]([O-])c1ccc(NCc2cn3cc(Cl)ccc3n2)cc1. The van der Waals surface area contributed by atoms with Crippen molar-refractivity contribution in [2.45, 2.75) is 6.54 Å². The van der Waals surface area contributed by atoms with E-state index < -0.39 is 4.92 Å². The topological polar surface area (TPSA) is 72.5 Å². The minimum absolute atomic E-state index is 0.0722. The number of halogens is 1. The monoisotopic (exact) mass is 302 g/mol. The van der Waals surface area contributed by atoms with Crippen LogP contribution in [0.4, 0.5) is 11.4 Å². The van der Waals surface area contributed by atoms with Crippen molar-refractivity contribution in [2.75, 3.05) is 5.32 Å². The molecule has 0 radical (unpaired) electrons. The molecule has 0 aliphatic rings. The van der Waals surface area contributed by atoms with Crippen molar-refractivity contribution in [1.29, 1.82) is 0 Å². The summed E-state index contributed by atoms with van der Waals surface area (Å²) < 4.78 is 1.86. The van der Waals surface area contributed by atoms with E-state index in [4.69, 9.17) is 11.6 Å². The Hall–Kier alpha value is -2.60. The molecule has 0 aliphatic carbocycles. The van der Waals surface area contributed by atoms with Gasteiger partial charge in [-0.15, -0.1) is 0 Å². The Labute approximate surface area is 125 Å². The summed E-state index contributed by atoms with van der Waals surface area (Å²) in [6.45, 7) is 0.525. The fraction of sp³-hybridized carbons (Fsp3) is 0.0714. The Kier molecular flexibility index (Phi) is 3.45. The largest absolute Gasteiger partial charge is 0.379 e. The van der Waals surface area contributed by atoms with Gasteiger partial charge in [0.1, 0.15) is 5.65 Å². The second kappa shape index (κ2) is 5.41. The molecule has 7 heteroatoms. The summed E-state index contributed by atoms with van der Waals surface area (Å²) in [5.41, 5.74) is 2.55. The van der Waals surface area contributed by atoms with Gasteiger partial charge < -0.3 is 9.72 Å². The maximum atomic E-state index is 10.6. The van der Waals surface area contributed by atoms with Gasteiger partial charge in [-0.05, 0) is 24.3 Å². The number of anilines is 1. The summed E-state index contributed by atoms with van der Waals surface area (Å²) in [6.07, 6.45) is 3.68. The molecule has 6 nitrogen and oxygen atoms in total. The van der Waals surface area contributed by atoms with E-state index in [1.165, 1.54) is 12.1 Å². The van der Waals surface area contributed by atoms with Crippen LogP contribution < -0.4 is 5.32 Å². The summed E-state index contributed by atoms with van der Waals surface area (Å²) in [7, 11) is 0. The molecule has 21 heavy (non-hydrogen) atoms. The van der Waals surface area contributed by atoms with Crippen LogP contribution in [0.5, 0.6) is 0 Å². The van der Waals surface area contributed by atoms with Crippen molar-refractivity contribution in [3.05, 3.63) is 69.6 Å². The fourth-order valence-corrected chi connectivity index (χ4v) is 2.16. The van der Waals surface area contributed by atoms with Crippen LogP contribution in [-0.4, -0.2) is 14.3 Å². The van der Waals surface area contributed by atoms with Gasteiger partial charge in [-0.2, -0.15) is 0 Å². The van der Waals surface area contributed by atoms with Crippen molar-refractivity contribution in [1.82, 2.24) is 9.38 Å². The fourth-order valence-electron chi connectivity index (χ4n) is 2.00. The molecule has 2 aromatic heterocycles. The molecular weight excluding hydrogens is 292 g/mol. The molecule has 0 saturated heterocycles. The molecule has 0 fully saturated rings. The van der Waals surface area contributed by atoms with Gasteiger partial charge in [0.25, 0.3) is 5.69 Å². The third kappa shape index (κ3) is 2.95. The molecule has 0 spiro atoms. The maximum absolute atomic E-state index is 10.6. The molecule has 1 N–H and O–H groups in total. The van der Waals surface area contributed by atoms with Gasteiger partial charge in [0.2, 0.25) is 0 Å². The normalized spacial score (nSPS) is 10.7. The highest BCUT2D eigenvalue weighted by molar-refractivity contribution is 6.30. The molecule has 1 aromatic carbocycles. The maximum Gasteiger partial charge on any atom is 0.269 e. The number of imidazole rings is 1. The van der Waals surface area contributed by atoms with E-state index in [1.54, 1.807) is 24.4 Å². The lowest BCUT2D eigenvalue weighted by molar-refractivity contribution is -0.384. The zero-order valence-corrected chi connectivity index (χ0v) is 11.6. The van der Waals surface area contributed by atoms with Gasteiger partial charge in [-0.3, -0.25) is 10.1 Å². The van der Waals surface area contributed by atoms with Crippen LogP contribution >= 0.6 is 11.6 Å². The Morgan fingerprint density at radius 2 is 1.95 bits per heavy atom. The molecular formula is C14H11ClN4O2. The molecule has 0 atom stereocenters. The van der Waals surface area contributed by atoms with Gasteiger partial charge in [-0.1, -0.05) is 11.6 Å².